The second-order valence-electron chi connectivity index (χ2n) is 4.26. The number of aryl methyl sites for hydroxylation is 1. The van der Waals surface area contributed by atoms with Crippen LogP contribution in [0.3, 0.4) is 0 Å². The molecule has 0 saturated carbocycles. The van der Waals surface area contributed by atoms with E-state index in [1.54, 1.807) is 7.11 Å². The molecule has 0 aliphatic carbocycles. The second-order valence-corrected chi connectivity index (χ2v) is 4.26. The molecule has 1 aliphatic heterocycles. The van der Waals surface area contributed by atoms with Gasteiger partial charge in [-0.05, 0) is 19.9 Å². The lowest BCUT2D eigenvalue weighted by atomic mass is 9.81. The van der Waals surface area contributed by atoms with Crippen molar-refractivity contribution >= 4 is 5.91 Å². The van der Waals surface area contributed by atoms with E-state index in [1.807, 2.05) is 26.0 Å². The van der Waals surface area contributed by atoms with Crippen LogP contribution in [0.2, 0.25) is 0 Å². The van der Waals surface area contributed by atoms with Crippen LogP contribution in [0.25, 0.3) is 0 Å². The Bertz CT molecular complexity index is 404. The molecular formula is C12H15NO2. The number of hydrogen-bond acceptors (Lipinski definition) is 2. The lowest BCUT2D eigenvalue weighted by Crippen LogP contribution is -2.56. The largest absolute Gasteiger partial charge is 0.496 e. The van der Waals surface area contributed by atoms with Crippen LogP contribution in [0.5, 0.6) is 5.75 Å². The van der Waals surface area contributed by atoms with Gasteiger partial charge in [0.25, 0.3) is 0 Å². The highest BCUT2D eigenvalue weighted by atomic mass is 16.5. The molecule has 1 atom stereocenters. The maximum Gasteiger partial charge on any atom is 0.223 e. The van der Waals surface area contributed by atoms with Crippen molar-refractivity contribution in [3.05, 3.63) is 29.3 Å². The van der Waals surface area contributed by atoms with Crippen molar-refractivity contribution in [3.8, 4) is 5.75 Å². The first-order valence-corrected chi connectivity index (χ1v) is 5.01. The predicted molar refractivity (Wildman–Crippen MR) is 57.8 cm³/mol. The highest BCUT2D eigenvalue weighted by molar-refractivity contribution is 5.85. The van der Waals surface area contributed by atoms with E-state index in [1.165, 1.54) is 5.56 Å². The minimum Gasteiger partial charge on any atom is -0.496 e. The summed E-state index contributed by atoms with van der Waals surface area (Å²) in [5.41, 5.74) is 1.98. The minimum atomic E-state index is -0.256. The summed E-state index contributed by atoms with van der Waals surface area (Å²) < 4.78 is 5.31. The molecule has 2 rings (SSSR count). The summed E-state index contributed by atoms with van der Waals surface area (Å²) in [5.74, 6) is 0.934. The third-order valence-electron chi connectivity index (χ3n) is 2.88. The smallest absolute Gasteiger partial charge is 0.223 e. The number of carbonyl (C=O) groups is 1. The zero-order valence-corrected chi connectivity index (χ0v) is 9.26. The molecule has 3 heteroatoms. The molecule has 1 saturated heterocycles. The zero-order chi connectivity index (χ0) is 11.1. The molecule has 15 heavy (non-hydrogen) atoms. The number of methoxy groups -OCH3 is 1. The minimum absolute atomic E-state index is 0.0982. The molecule has 0 spiro atoms. The molecule has 1 amide bonds. The van der Waals surface area contributed by atoms with Crippen LogP contribution in [-0.2, 0) is 10.3 Å². The molecule has 0 bridgehead atoms. The summed E-state index contributed by atoms with van der Waals surface area (Å²) in [7, 11) is 1.65. The van der Waals surface area contributed by atoms with Gasteiger partial charge in [0.05, 0.1) is 19.1 Å². The maximum atomic E-state index is 11.0. The highest BCUT2D eigenvalue weighted by Gasteiger charge is 2.41. The van der Waals surface area contributed by atoms with E-state index in [4.69, 9.17) is 4.74 Å². The van der Waals surface area contributed by atoms with E-state index in [0.29, 0.717) is 6.42 Å². The Morgan fingerprint density at radius 3 is 2.67 bits per heavy atom. The van der Waals surface area contributed by atoms with E-state index >= 15 is 0 Å². The lowest BCUT2D eigenvalue weighted by molar-refractivity contribution is -0.132. The van der Waals surface area contributed by atoms with Crippen molar-refractivity contribution < 1.29 is 9.53 Å². The highest BCUT2D eigenvalue weighted by Crippen LogP contribution is 2.37. The second kappa shape index (κ2) is 3.26. The fourth-order valence-corrected chi connectivity index (χ4v) is 2.03. The first-order valence-electron chi connectivity index (χ1n) is 5.01. The Morgan fingerprint density at radius 1 is 1.47 bits per heavy atom. The van der Waals surface area contributed by atoms with Crippen LogP contribution >= 0.6 is 0 Å². The normalized spacial score (nSPS) is 24.3. The Hall–Kier alpha value is -1.51. The average Bonchev–Trinajstić information content (AvgIpc) is 2.15. The monoisotopic (exact) mass is 205 g/mol. The van der Waals surface area contributed by atoms with Crippen LogP contribution in [0.4, 0.5) is 0 Å². The molecule has 1 aromatic rings. The number of carbonyl (C=O) groups excluding carboxylic acids is 1. The van der Waals surface area contributed by atoms with Gasteiger partial charge in [-0.15, -0.1) is 0 Å². The lowest BCUT2D eigenvalue weighted by Gasteiger charge is -2.40. The van der Waals surface area contributed by atoms with E-state index in [9.17, 15) is 4.79 Å². The summed E-state index contributed by atoms with van der Waals surface area (Å²) in [4.78, 5) is 11.0. The zero-order valence-electron chi connectivity index (χ0n) is 9.26. The van der Waals surface area contributed by atoms with Crippen molar-refractivity contribution in [3.63, 3.8) is 0 Å². The van der Waals surface area contributed by atoms with Crippen LogP contribution in [0, 0.1) is 6.92 Å². The van der Waals surface area contributed by atoms with Gasteiger partial charge in [-0.1, -0.05) is 17.7 Å². The van der Waals surface area contributed by atoms with Crippen molar-refractivity contribution in [2.24, 2.45) is 0 Å². The van der Waals surface area contributed by atoms with Crippen molar-refractivity contribution in [2.75, 3.05) is 7.11 Å². The first-order chi connectivity index (χ1) is 7.05. The molecular weight excluding hydrogens is 190 g/mol. The number of amides is 1. The van der Waals surface area contributed by atoms with Gasteiger partial charge in [-0.3, -0.25) is 4.79 Å². The Balaban J connectivity index is 2.42. The molecule has 1 aliphatic rings. The summed E-state index contributed by atoms with van der Waals surface area (Å²) in [6.45, 7) is 4.05. The number of benzene rings is 1. The van der Waals surface area contributed by atoms with E-state index < -0.39 is 0 Å². The molecule has 1 heterocycles. The SMILES string of the molecule is COc1ccc(C)cc1C1(C)CC(=O)N1. The van der Waals surface area contributed by atoms with Gasteiger partial charge in [-0.25, -0.2) is 0 Å². The fraction of sp³-hybridized carbons (Fsp3) is 0.417. The Labute approximate surface area is 89.4 Å². The third-order valence-corrected chi connectivity index (χ3v) is 2.88. The van der Waals surface area contributed by atoms with Crippen LogP contribution < -0.4 is 10.1 Å². The van der Waals surface area contributed by atoms with Gasteiger partial charge in [0, 0.05) is 5.56 Å². The Morgan fingerprint density at radius 2 is 2.13 bits per heavy atom. The van der Waals surface area contributed by atoms with E-state index in [-0.39, 0.29) is 11.4 Å². The quantitative estimate of drug-likeness (QED) is 0.747. The van der Waals surface area contributed by atoms with Crippen molar-refractivity contribution in [1.82, 2.24) is 5.32 Å². The van der Waals surface area contributed by atoms with Gasteiger partial charge >= 0.3 is 0 Å². The average molecular weight is 205 g/mol. The van der Waals surface area contributed by atoms with Crippen LogP contribution in [0.1, 0.15) is 24.5 Å². The summed E-state index contributed by atoms with van der Waals surface area (Å²) in [6.07, 6.45) is 0.535. The molecule has 1 aromatic carbocycles. The number of β-lactam (4-membered cyclic amide) rings is 1. The molecule has 0 radical (unpaired) electrons. The maximum absolute atomic E-state index is 11.0. The standard InChI is InChI=1S/C12H15NO2/c1-8-4-5-10(15-3)9(6-8)12(2)7-11(14)13-12/h4-6H,7H2,1-3H3,(H,13,14). The number of ether oxygens (including phenoxy) is 1. The van der Waals surface area contributed by atoms with E-state index in [2.05, 4.69) is 11.4 Å². The molecule has 1 fully saturated rings. The van der Waals surface area contributed by atoms with E-state index in [0.717, 1.165) is 11.3 Å². The van der Waals surface area contributed by atoms with Gasteiger partial charge in [0.15, 0.2) is 0 Å². The van der Waals surface area contributed by atoms with Gasteiger partial charge in [0.1, 0.15) is 5.75 Å². The summed E-state index contributed by atoms with van der Waals surface area (Å²) in [5, 5.41) is 2.92. The van der Waals surface area contributed by atoms with Gasteiger partial charge < -0.3 is 10.1 Å². The molecule has 0 aromatic heterocycles. The van der Waals surface area contributed by atoms with Gasteiger partial charge in [0.2, 0.25) is 5.91 Å². The molecule has 3 nitrogen and oxygen atoms in total. The third kappa shape index (κ3) is 1.58. The summed E-state index contributed by atoms with van der Waals surface area (Å²) in [6, 6.07) is 6.02. The molecule has 1 N–H and O–H groups in total. The van der Waals surface area contributed by atoms with Gasteiger partial charge in [-0.2, -0.15) is 0 Å². The number of nitrogens with one attached hydrogen (secondary N) is 1. The molecule has 80 valence electrons. The summed E-state index contributed by atoms with van der Waals surface area (Å²) >= 11 is 0. The number of hydrogen-bond donors (Lipinski definition) is 1. The molecule has 1 unspecified atom stereocenters. The van der Waals surface area contributed by atoms with Crippen molar-refractivity contribution in [1.29, 1.82) is 0 Å². The van der Waals surface area contributed by atoms with Crippen LogP contribution in [0.15, 0.2) is 18.2 Å². The Kier molecular flexibility index (Phi) is 2.18. The number of rotatable bonds is 2. The first kappa shape index (κ1) is 10.0. The van der Waals surface area contributed by atoms with Crippen LogP contribution in [-0.4, -0.2) is 13.0 Å². The van der Waals surface area contributed by atoms with Crippen molar-refractivity contribution in [2.45, 2.75) is 25.8 Å². The predicted octanol–water partition coefficient (Wildman–Crippen LogP) is 1.74. The fourth-order valence-electron chi connectivity index (χ4n) is 2.03. The topological polar surface area (TPSA) is 38.3 Å².